The summed E-state index contributed by atoms with van der Waals surface area (Å²) in [6, 6.07) is 7.77. The number of fused-ring (bicyclic) bond motifs is 1. The fraction of sp³-hybridized carbons (Fsp3) is 0.0909. The van der Waals surface area contributed by atoms with Crippen LogP contribution >= 0.6 is 15.9 Å². The van der Waals surface area contributed by atoms with Gasteiger partial charge in [-0.25, -0.2) is 4.98 Å². The van der Waals surface area contributed by atoms with Crippen molar-refractivity contribution in [2.24, 2.45) is 0 Å². The lowest BCUT2D eigenvalue weighted by Crippen LogP contribution is -1.91. The summed E-state index contributed by atoms with van der Waals surface area (Å²) < 4.78 is 6.06. The van der Waals surface area contributed by atoms with Crippen LogP contribution in [0.15, 0.2) is 28.9 Å². The Morgan fingerprint density at radius 2 is 2.20 bits per heavy atom. The van der Waals surface area contributed by atoms with E-state index in [1.165, 1.54) is 6.20 Å². The lowest BCUT2D eigenvalue weighted by Gasteiger charge is -2.05. The van der Waals surface area contributed by atoms with E-state index in [4.69, 9.17) is 10.00 Å². The first kappa shape index (κ1) is 9.94. The molecule has 0 saturated heterocycles. The van der Waals surface area contributed by atoms with Crippen molar-refractivity contribution >= 4 is 26.7 Å². The lowest BCUT2D eigenvalue weighted by atomic mass is 10.1. The van der Waals surface area contributed by atoms with Crippen LogP contribution in [0.4, 0.5) is 0 Å². The van der Waals surface area contributed by atoms with Crippen LogP contribution in [0.5, 0.6) is 5.88 Å². The van der Waals surface area contributed by atoms with Gasteiger partial charge >= 0.3 is 0 Å². The first-order valence-corrected chi connectivity index (χ1v) is 5.08. The topological polar surface area (TPSA) is 45.9 Å². The summed E-state index contributed by atoms with van der Waals surface area (Å²) in [6.07, 6.45) is 1.52. The number of aromatic nitrogens is 1. The number of rotatable bonds is 1. The molecule has 74 valence electrons. The minimum atomic E-state index is 0.538. The molecule has 2 aromatic rings. The molecular formula is C11H7BrN2O. The number of nitrogens with zero attached hydrogens (tertiary/aromatic N) is 2. The molecule has 0 radical (unpaired) electrons. The summed E-state index contributed by atoms with van der Waals surface area (Å²) >= 11 is 3.37. The van der Waals surface area contributed by atoms with Gasteiger partial charge in [0.05, 0.1) is 12.7 Å². The molecule has 0 N–H and O–H groups in total. The molecule has 0 amide bonds. The van der Waals surface area contributed by atoms with Gasteiger partial charge in [0.15, 0.2) is 0 Å². The molecule has 0 fully saturated rings. The van der Waals surface area contributed by atoms with Crippen molar-refractivity contribution < 1.29 is 4.74 Å². The largest absolute Gasteiger partial charge is 0.481 e. The van der Waals surface area contributed by atoms with Crippen LogP contribution < -0.4 is 4.74 Å². The maximum atomic E-state index is 8.94. The molecule has 0 bridgehead atoms. The predicted molar refractivity (Wildman–Crippen MR) is 60.7 cm³/mol. The molecule has 15 heavy (non-hydrogen) atoms. The van der Waals surface area contributed by atoms with Gasteiger partial charge in [-0.05, 0) is 18.2 Å². The molecule has 0 aliphatic carbocycles. The number of benzene rings is 1. The van der Waals surface area contributed by atoms with E-state index in [0.717, 1.165) is 15.2 Å². The minimum absolute atomic E-state index is 0.538. The van der Waals surface area contributed by atoms with E-state index in [2.05, 4.69) is 27.0 Å². The van der Waals surface area contributed by atoms with Crippen LogP contribution in [-0.4, -0.2) is 12.1 Å². The number of nitriles is 1. The van der Waals surface area contributed by atoms with Crippen LogP contribution in [0.3, 0.4) is 0 Å². The van der Waals surface area contributed by atoms with Gasteiger partial charge in [-0.15, -0.1) is 0 Å². The van der Waals surface area contributed by atoms with Crippen molar-refractivity contribution in [1.82, 2.24) is 4.98 Å². The third kappa shape index (κ3) is 1.66. The van der Waals surface area contributed by atoms with Gasteiger partial charge in [0.25, 0.3) is 0 Å². The predicted octanol–water partition coefficient (Wildman–Crippen LogP) is 2.88. The van der Waals surface area contributed by atoms with Gasteiger partial charge in [-0.1, -0.05) is 15.9 Å². The molecule has 0 aliphatic heterocycles. The van der Waals surface area contributed by atoms with E-state index in [1.54, 1.807) is 7.11 Å². The van der Waals surface area contributed by atoms with E-state index in [0.29, 0.717) is 11.4 Å². The summed E-state index contributed by atoms with van der Waals surface area (Å²) in [5, 5.41) is 10.6. The first-order valence-electron chi connectivity index (χ1n) is 4.28. The zero-order chi connectivity index (χ0) is 10.8. The first-order chi connectivity index (χ1) is 7.26. The van der Waals surface area contributed by atoms with Gasteiger partial charge in [-0.3, -0.25) is 0 Å². The van der Waals surface area contributed by atoms with Gasteiger partial charge in [0, 0.05) is 21.4 Å². The maximum absolute atomic E-state index is 8.94. The molecule has 0 saturated carbocycles. The number of pyridine rings is 1. The van der Waals surface area contributed by atoms with Crippen molar-refractivity contribution in [1.29, 1.82) is 5.26 Å². The standard InChI is InChI=1S/C11H7BrN2O/c1-15-11-9-3-2-8(12)4-10(9)7(5-13)6-14-11/h2-4,6H,1H3. The number of methoxy groups -OCH3 is 1. The minimum Gasteiger partial charge on any atom is -0.481 e. The van der Waals surface area contributed by atoms with Crippen molar-refractivity contribution in [3.8, 4) is 11.9 Å². The zero-order valence-corrected chi connectivity index (χ0v) is 9.58. The molecule has 3 nitrogen and oxygen atoms in total. The highest BCUT2D eigenvalue weighted by molar-refractivity contribution is 9.10. The number of ether oxygens (including phenoxy) is 1. The third-order valence-corrected chi connectivity index (χ3v) is 2.62. The van der Waals surface area contributed by atoms with Gasteiger partial charge < -0.3 is 4.74 Å². The summed E-state index contributed by atoms with van der Waals surface area (Å²) in [5.74, 6) is 0.538. The van der Waals surface area contributed by atoms with Gasteiger partial charge in [0.2, 0.25) is 5.88 Å². The summed E-state index contributed by atoms with van der Waals surface area (Å²) in [5.41, 5.74) is 0.548. The van der Waals surface area contributed by atoms with Crippen LogP contribution in [0.2, 0.25) is 0 Å². The number of halogens is 1. The molecule has 1 heterocycles. The van der Waals surface area contributed by atoms with E-state index >= 15 is 0 Å². The van der Waals surface area contributed by atoms with Gasteiger partial charge in [-0.2, -0.15) is 5.26 Å². The van der Waals surface area contributed by atoms with Crippen LogP contribution in [0, 0.1) is 11.3 Å². The number of hydrogen-bond acceptors (Lipinski definition) is 3. The van der Waals surface area contributed by atoms with E-state index in [-0.39, 0.29) is 0 Å². The molecule has 0 atom stereocenters. The van der Waals surface area contributed by atoms with Crippen molar-refractivity contribution in [3.05, 3.63) is 34.4 Å². The van der Waals surface area contributed by atoms with Crippen molar-refractivity contribution in [3.63, 3.8) is 0 Å². The Balaban J connectivity index is 2.88. The maximum Gasteiger partial charge on any atom is 0.221 e. The fourth-order valence-corrected chi connectivity index (χ4v) is 1.80. The van der Waals surface area contributed by atoms with Crippen LogP contribution in [0.25, 0.3) is 10.8 Å². The molecule has 0 unspecified atom stereocenters. The highest BCUT2D eigenvalue weighted by Crippen LogP contribution is 2.28. The Hall–Kier alpha value is -1.60. The highest BCUT2D eigenvalue weighted by atomic mass is 79.9. The Morgan fingerprint density at radius 1 is 1.40 bits per heavy atom. The molecule has 4 heteroatoms. The second-order valence-electron chi connectivity index (χ2n) is 2.98. The second kappa shape index (κ2) is 3.87. The van der Waals surface area contributed by atoms with Crippen LogP contribution in [0.1, 0.15) is 5.56 Å². The van der Waals surface area contributed by atoms with Crippen molar-refractivity contribution in [2.45, 2.75) is 0 Å². The molecular weight excluding hydrogens is 256 g/mol. The average Bonchev–Trinajstić information content (AvgIpc) is 2.27. The highest BCUT2D eigenvalue weighted by Gasteiger charge is 2.07. The van der Waals surface area contributed by atoms with E-state index in [9.17, 15) is 0 Å². The monoisotopic (exact) mass is 262 g/mol. The molecule has 2 rings (SSSR count). The summed E-state index contributed by atoms with van der Waals surface area (Å²) in [7, 11) is 1.57. The molecule has 0 spiro atoms. The smallest absolute Gasteiger partial charge is 0.221 e. The summed E-state index contributed by atoms with van der Waals surface area (Å²) in [4.78, 5) is 4.07. The summed E-state index contributed by atoms with van der Waals surface area (Å²) in [6.45, 7) is 0. The van der Waals surface area contributed by atoms with E-state index in [1.807, 2.05) is 18.2 Å². The Morgan fingerprint density at radius 3 is 2.87 bits per heavy atom. The lowest BCUT2D eigenvalue weighted by molar-refractivity contribution is 0.403. The normalized spacial score (nSPS) is 9.93. The second-order valence-corrected chi connectivity index (χ2v) is 3.90. The van der Waals surface area contributed by atoms with Crippen molar-refractivity contribution in [2.75, 3.05) is 7.11 Å². The zero-order valence-electron chi connectivity index (χ0n) is 7.99. The Labute approximate surface area is 95.4 Å². The Kier molecular flexibility index (Phi) is 2.57. The number of hydrogen-bond donors (Lipinski definition) is 0. The quantitative estimate of drug-likeness (QED) is 0.794. The van der Waals surface area contributed by atoms with Gasteiger partial charge in [0.1, 0.15) is 6.07 Å². The average molecular weight is 263 g/mol. The fourth-order valence-electron chi connectivity index (χ4n) is 1.44. The molecule has 0 aliphatic rings. The Bertz CT molecular complexity index is 560. The SMILES string of the molecule is COc1ncc(C#N)c2cc(Br)ccc12. The van der Waals surface area contributed by atoms with E-state index < -0.39 is 0 Å². The molecule has 1 aromatic heterocycles. The molecule has 1 aromatic carbocycles. The third-order valence-electron chi connectivity index (χ3n) is 2.13. The van der Waals surface area contributed by atoms with Crippen LogP contribution in [-0.2, 0) is 0 Å².